The lowest BCUT2D eigenvalue weighted by atomic mass is 10.1. The maximum Gasteiger partial charge on any atom is 0.161 e. The number of benzene rings is 1. The van der Waals surface area contributed by atoms with Gasteiger partial charge in [-0.2, -0.15) is 0 Å². The van der Waals surface area contributed by atoms with Gasteiger partial charge >= 0.3 is 0 Å². The van der Waals surface area contributed by atoms with Gasteiger partial charge in [0.25, 0.3) is 0 Å². The van der Waals surface area contributed by atoms with Gasteiger partial charge < -0.3 is 9.47 Å². The van der Waals surface area contributed by atoms with Crippen molar-refractivity contribution in [3.05, 3.63) is 40.2 Å². The molecule has 2 atom stereocenters. The Labute approximate surface area is 146 Å². The average Bonchev–Trinajstić information content (AvgIpc) is 3.37. The van der Waals surface area contributed by atoms with Crippen LogP contribution in [0.5, 0.6) is 11.5 Å². The number of thioether (sulfide) groups is 2. The molecule has 1 fully saturated rings. The molecule has 0 aromatic heterocycles. The molecule has 0 saturated heterocycles. The van der Waals surface area contributed by atoms with Crippen molar-refractivity contribution >= 4 is 35.4 Å². The second kappa shape index (κ2) is 8.50. The van der Waals surface area contributed by atoms with Crippen molar-refractivity contribution in [1.29, 1.82) is 0 Å². The molecule has 0 bridgehead atoms. The van der Waals surface area contributed by atoms with Gasteiger partial charge in [0.2, 0.25) is 0 Å². The van der Waals surface area contributed by atoms with E-state index in [9.17, 15) is 4.79 Å². The molecule has 1 aromatic rings. The molecule has 5 heteroatoms. The zero-order chi connectivity index (χ0) is 16.8. The molecule has 0 spiro atoms. The summed E-state index contributed by atoms with van der Waals surface area (Å²) in [7, 11) is 3.25. The first-order valence-electron chi connectivity index (χ1n) is 7.36. The van der Waals surface area contributed by atoms with Gasteiger partial charge in [0.1, 0.15) is 0 Å². The Hall–Kier alpha value is -1.33. The van der Waals surface area contributed by atoms with Crippen LogP contribution >= 0.6 is 23.5 Å². The van der Waals surface area contributed by atoms with Crippen molar-refractivity contribution < 1.29 is 14.3 Å². The van der Waals surface area contributed by atoms with Gasteiger partial charge in [-0.05, 0) is 42.5 Å². The number of carbonyl (C=O) groups excluding carboxylic acids is 1. The molecule has 23 heavy (non-hydrogen) atoms. The lowest BCUT2D eigenvalue weighted by molar-refractivity contribution is -0.115. The van der Waals surface area contributed by atoms with Crippen LogP contribution in [0.2, 0.25) is 0 Å². The first kappa shape index (κ1) is 18.0. The molecule has 1 aliphatic carbocycles. The summed E-state index contributed by atoms with van der Waals surface area (Å²) in [5, 5.41) is 0. The van der Waals surface area contributed by atoms with Crippen molar-refractivity contribution in [3.63, 3.8) is 0 Å². The van der Waals surface area contributed by atoms with Gasteiger partial charge in [0, 0.05) is 16.2 Å². The number of ether oxygens (including phenoxy) is 2. The van der Waals surface area contributed by atoms with Crippen molar-refractivity contribution in [2.75, 3.05) is 26.7 Å². The number of carbonyl (C=O) groups is 1. The van der Waals surface area contributed by atoms with Crippen LogP contribution in [0.4, 0.5) is 0 Å². The van der Waals surface area contributed by atoms with Crippen LogP contribution in [0.1, 0.15) is 12.0 Å². The maximum atomic E-state index is 12.2. The van der Waals surface area contributed by atoms with E-state index < -0.39 is 0 Å². The zero-order valence-electron chi connectivity index (χ0n) is 13.9. The molecule has 3 nitrogen and oxygen atoms in total. The van der Waals surface area contributed by atoms with Gasteiger partial charge in [0.05, 0.1) is 14.2 Å². The molecule has 1 aromatic carbocycles. The van der Waals surface area contributed by atoms with Crippen molar-refractivity contribution in [3.8, 4) is 11.5 Å². The van der Waals surface area contributed by atoms with Gasteiger partial charge in [-0.3, -0.25) is 4.79 Å². The van der Waals surface area contributed by atoms with E-state index in [-0.39, 0.29) is 11.7 Å². The minimum absolute atomic E-state index is 0.140. The zero-order valence-corrected chi connectivity index (χ0v) is 15.5. The summed E-state index contributed by atoms with van der Waals surface area (Å²) in [6, 6.07) is 5.81. The highest BCUT2D eigenvalue weighted by atomic mass is 32.2. The van der Waals surface area contributed by atoms with Crippen molar-refractivity contribution in [1.82, 2.24) is 0 Å². The predicted octanol–water partition coefficient (Wildman–Crippen LogP) is 4.49. The lowest BCUT2D eigenvalue weighted by Crippen LogP contribution is -1.97. The highest BCUT2D eigenvalue weighted by molar-refractivity contribution is 8.21. The number of methoxy groups -OCH3 is 2. The highest BCUT2D eigenvalue weighted by Gasteiger charge is 2.39. The number of allylic oxidation sites excluding steroid dienone is 2. The molecule has 0 N–H and O–H groups in total. The van der Waals surface area contributed by atoms with E-state index >= 15 is 0 Å². The van der Waals surface area contributed by atoms with Gasteiger partial charge in [-0.25, -0.2) is 0 Å². The fourth-order valence-electron chi connectivity index (χ4n) is 2.37. The molecule has 0 amide bonds. The number of ketones is 1. The van der Waals surface area contributed by atoms with E-state index in [1.165, 1.54) is 0 Å². The van der Waals surface area contributed by atoms with Gasteiger partial charge in [-0.1, -0.05) is 18.2 Å². The topological polar surface area (TPSA) is 35.5 Å². The number of hydrogen-bond donors (Lipinski definition) is 0. The van der Waals surface area contributed by atoms with E-state index in [1.807, 2.05) is 36.8 Å². The normalized spacial score (nSPS) is 19.5. The van der Waals surface area contributed by atoms with Crippen LogP contribution < -0.4 is 9.47 Å². The molecule has 0 heterocycles. The molecule has 1 aliphatic rings. The quantitative estimate of drug-likeness (QED) is 0.646. The summed E-state index contributed by atoms with van der Waals surface area (Å²) in [5.41, 5.74) is 1.05. The summed E-state index contributed by atoms with van der Waals surface area (Å²) in [4.78, 5) is 12.2. The molecular formula is C18H22O3S2. The van der Waals surface area contributed by atoms with Crippen molar-refractivity contribution in [2.24, 2.45) is 11.8 Å². The van der Waals surface area contributed by atoms with Crippen LogP contribution in [0.25, 0.3) is 6.08 Å². The van der Waals surface area contributed by atoms with Crippen LogP contribution in [0.15, 0.2) is 34.6 Å². The minimum Gasteiger partial charge on any atom is -0.493 e. The number of hydrogen-bond acceptors (Lipinski definition) is 5. The molecule has 1 saturated carbocycles. The Morgan fingerprint density at radius 3 is 2.48 bits per heavy atom. The van der Waals surface area contributed by atoms with Gasteiger partial charge in [0.15, 0.2) is 17.3 Å². The van der Waals surface area contributed by atoms with Crippen LogP contribution in [-0.4, -0.2) is 32.5 Å². The summed E-state index contributed by atoms with van der Waals surface area (Å²) in [6.45, 7) is 0. The standard InChI is InChI=1S/C18H22O3S2/c1-20-16-8-6-12(9-17(16)21-2)5-7-13-10-14(13)15(19)11-18(22-3)23-4/h5-9,11,13-14H,10H2,1-4H3/b7-5+. The summed E-state index contributed by atoms with van der Waals surface area (Å²) in [5.74, 6) is 2.16. The van der Waals surface area contributed by atoms with Gasteiger partial charge in [-0.15, -0.1) is 23.5 Å². The SMILES string of the molecule is COc1ccc(/C=C/C2CC2C(=O)C=C(SC)SC)cc1OC. The Balaban J connectivity index is 1.98. The summed E-state index contributed by atoms with van der Waals surface area (Å²) < 4.78 is 11.6. The fraction of sp³-hybridized carbons (Fsp3) is 0.389. The Bertz CT molecular complexity index is 617. The highest BCUT2D eigenvalue weighted by Crippen LogP contribution is 2.42. The van der Waals surface area contributed by atoms with E-state index in [0.717, 1.165) is 22.0 Å². The lowest BCUT2D eigenvalue weighted by Gasteiger charge is -2.07. The molecule has 2 unspecified atom stereocenters. The van der Waals surface area contributed by atoms with Crippen LogP contribution in [0.3, 0.4) is 0 Å². The molecule has 124 valence electrons. The molecule has 0 aliphatic heterocycles. The third kappa shape index (κ3) is 4.82. The van der Waals surface area contributed by atoms with E-state index in [2.05, 4.69) is 6.08 Å². The average molecular weight is 351 g/mol. The minimum atomic E-state index is 0.140. The van der Waals surface area contributed by atoms with E-state index in [1.54, 1.807) is 43.8 Å². The van der Waals surface area contributed by atoms with E-state index in [0.29, 0.717) is 11.7 Å². The predicted molar refractivity (Wildman–Crippen MR) is 100 cm³/mol. The van der Waals surface area contributed by atoms with Crippen LogP contribution in [0, 0.1) is 11.8 Å². The van der Waals surface area contributed by atoms with Crippen molar-refractivity contribution in [2.45, 2.75) is 6.42 Å². The second-order valence-electron chi connectivity index (χ2n) is 5.25. The Morgan fingerprint density at radius 2 is 1.87 bits per heavy atom. The monoisotopic (exact) mass is 350 g/mol. The third-order valence-electron chi connectivity index (χ3n) is 3.81. The third-order valence-corrected chi connectivity index (χ3v) is 5.85. The van der Waals surface area contributed by atoms with Crippen LogP contribution in [-0.2, 0) is 4.79 Å². The van der Waals surface area contributed by atoms with E-state index in [4.69, 9.17) is 9.47 Å². The fourth-order valence-corrected chi connectivity index (χ4v) is 3.50. The Morgan fingerprint density at radius 1 is 1.17 bits per heavy atom. The second-order valence-corrected chi connectivity index (χ2v) is 7.21. The smallest absolute Gasteiger partial charge is 0.161 e. The summed E-state index contributed by atoms with van der Waals surface area (Å²) >= 11 is 3.24. The maximum absolute atomic E-state index is 12.2. The first-order chi connectivity index (χ1) is 11.1. The molecule has 0 radical (unpaired) electrons. The first-order valence-corrected chi connectivity index (χ1v) is 9.81. The largest absolute Gasteiger partial charge is 0.493 e. The summed E-state index contributed by atoms with van der Waals surface area (Å²) in [6.07, 6.45) is 10.9. The number of rotatable bonds is 8. The Kier molecular flexibility index (Phi) is 6.66. The molecular weight excluding hydrogens is 328 g/mol. The molecule has 2 rings (SSSR count).